The van der Waals surface area contributed by atoms with Gasteiger partial charge in [0.2, 0.25) is 5.43 Å². The van der Waals surface area contributed by atoms with E-state index in [9.17, 15) is 4.79 Å². The molecule has 0 unspecified atom stereocenters. The molecule has 27 heavy (non-hydrogen) atoms. The Labute approximate surface area is 166 Å². The minimum Gasteiger partial charge on any atom is -0.288 e. The smallest absolute Gasteiger partial charge is 0.204 e. The third-order valence-electron chi connectivity index (χ3n) is 4.21. The SMILES string of the molecule is O=c1ccccc2c(/C=C/c3cccc(Cl)c3Cl)nn(-c3ccccc3)c12. The van der Waals surface area contributed by atoms with Gasteiger partial charge in [0, 0.05) is 5.39 Å². The normalized spacial score (nSPS) is 11.3. The van der Waals surface area contributed by atoms with E-state index >= 15 is 0 Å². The first kappa shape index (κ1) is 17.5. The van der Waals surface area contributed by atoms with Crippen LogP contribution in [-0.4, -0.2) is 9.78 Å². The molecule has 4 aromatic rings. The fourth-order valence-electron chi connectivity index (χ4n) is 2.92. The molecule has 5 heteroatoms. The lowest BCUT2D eigenvalue weighted by atomic mass is 10.1. The molecule has 4 rings (SSSR count). The molecule has 1 aromatic heterocycles. The Kier molecular flexibility index (Phi) is 4.80. The molecule has 0 atom stereocenters. The van der Waals surface area contributed by atoms with Gasteiger partial charge >= 0.3 is 0 Å². The van der Waals surface area contributed by atoms with E-state index in [-0.39, 0.29) is 5.43 Å². The summed E-state index contributed by atoms with van der Waals surface area (Å²) in [4.78, 5) is 12.6. The Bertz CT molecular complexity index is 1210. The molecule has 0 saturated heterocycles. The minimum absolute atomic E-state index is 0.0909. The summed E-state index contributed by atoms with van der Waals surface area (Å²) in [5.74, 6) is 0. The van der Waals surface area contributed by atoms with E-state index in [2.05, 4.69) is 5.10 Å². The Balaban J connectivity index is 1.93. The predicted octanol–water partition coefficient (Wildman–Crippen LogP) is 5.86. The number of nitrogens with zero attached hydrogens (tertiary/aromatic N) is 2. The van der Waals surface area contributed by atoms with Crippen LogP contribution in [-0.2, 0) is 0 Å². The van der Waals surface area contributed by atoms with Crippen LogP contribution in [0.15, 0.2) is 77.6 Å². The lowest BCUT2D eigenvalue weighted by molar-refractivity contribution is 0.902. The zero-order chi connectivity index (χ0) is 18.8. The highest BCUT2D eigenvalue weighted by Gasteiger charge is 2.12. The zero-order valence-electron chi connectivity index (χ0n) is 14.1. The maximum atomic E-state index is 12.6. The summed E-state index contributed by atoms with van der Waals surface area (Å²) in [7, 11) is 0. The molecule has 0 fully saturated rings. The Morgan fingerprint density at radius 2 is 1.56 bits per heavy atom. The van der Waals surface area contributed by atoms with Gasteiger partial charge in [0.05, 0.1) is 21.4 Å². The summed E-state index contributed by atoms with van der Waals surface area (Å²) in [6.07, 6.45) is 3.70. The Hall–Kier alpha value is -2.88. The molecule has 3 aromatic carbocycles. The van der Waals surface area contributed by atoms with Gasteiger partial charge in [-0.05, 0) is 35.9 Å². The van der Waals surface area contributed by atoms with Crippen molar-refractivity contribution in [1.29, 1.82) is 0 Å². The fraction of sp³-hybridized carbons (Fsp3) is 0. The van der Waals surface area contributed by atoms with E-state index in [1.54, 1.807) is 22.9 Å². The summed E-state index contributed by atoms with van der Waals surface area (Å²) in [6.45, 7) is 0. The molecule has 132 valence electrons. The average Bonchev–Trinajstić information content (AvgIpc) is 2.94. The van der Waals surface area contributed by atoms with Crippen molar-refractivity contribution < 1.29 is 0 Å². The second kappa shape index (κ2) is 7.39. The third kappa shape index (κ3) is 3.39. The molecule has 0 saturated carbocycles. The largest absolute Gasteiger partial charge is 0.288 e. The molecular weight excluding hydrogens is 379 g/mol. The first-order valence-electron chi connectivity index (χ1n) is 8.35. The highest BCUT2D eigenvalue weighted by Crippen LogP contribution is 2.28. The summed E-state index contributed by atoms with van der Waals surface area (Å²) >= 11 is 12.4. The number of hydrogen-bond donors (Lipinski definition) is 0. The summed E-state index contributed by atoms with van der Waals surface area (Å²) in [5.41, 5.74) is 2.73. The van der Waals surface area contributed by atoms with Gasteiger partial charge in [-0.3, -0.25) is 4.79 Å². The van der Waals surface area contributed by atoms with Crippen molar-refractivity contribution in [2.75, 3.05) is 0 Å². The fourth-order valence-corrected chi connectivity index (χ4v) is 3.29. The van der Waals surface area contributed by atoms with E-state index < -0.39 is 0 Å². The van der Waals surface area contributed by atoms with E-state index in [1.807, 2.05) is 66.7 Å². The first-order chi connectivity index (χ1) is 13.1. The highest BCUT2D eigenvalue weighted by molar-refractivity contribution is 6.42. The quantitative estimate of drug-likeness (QED) is 0.437. The monoisotopic (exact) mass is 392 g/mol. The van der Waals surface area contributed by atoms with Gasteiger partial charge in [0.15, 0.2) is 0 Å². The Morgan fingerprint density at radius 3 is 2.37 bits per heavy atom. The van der Waals surface area contributed by atoms with E-state index in [0.717, 1.165) is 16.6 Å². The lowest BCUT2D eigenvalue weighted by Gasteiger charge is -2.01. The van der Waals surface area contributed by atoms with Gasteiger partial charge in [0.1, 0.15) is 5.52 Å². The molecule has 0 aliphatic carbocycles. The van der Waals surface area contributed by atoms with Crippen LogP contribution in [0.3, 0.4) is 0 Å². The van der Waals surface area contributed by atoms with Crippen molar-refractivity contribution in [1.82, 2.24) is 9.78 Å². The molecule has 0 N–H and O–H groups in total. The van der Waals surface area contributed by atoms with E-state index in [0.29, 0.717) is 21.3 Å². The number of para-hydroxylation sites is 1. The first-order valence-corrected chi connectivity index (χ1v) is 9.10. The van der Waals surface area contributed by atoms with Gasteiger partial charge in [-0.25, -0.2) is 4.68 Å². The number of benzene rings is 2. The molecule has 3 nitrogen and oxygen atoms in total. The van der Waals surface area contributed by atoms with Gasteiger partial charge in [-0.1, -0.05) is 77.8 Å². The number of halogens is 2. The van der Waals surface area contributed by atoms with E-state index in [4.69, 9.17) is 23.2 Å². The number of aromatic nitrogens is 2. The third-order valence-corrected chi connectivity index (χ3v) is 5.04. The van der Waals surface area contributed by atoms with Crippen LogP contribution in [0.4, 0.5) is 0 Å². The second-order valence-electron chi connectivity index (χ2n) is 5.95. The zero-order valence-corrected chi connectivity index (χ0v) is 15.7. The van der Waals surface area contributed by atoms with Crippen molar-refractivity contribution in [2.24, 2.45) is 0 Å². The summed E-state index contributed by atoms with van der Waals surface area (Å²) in [5, 5.41) is 6.41. The maximum Gasteiger partial charge on any atom is 0.204 e. The topological polar surface area (TPSA) is 34.9 Å². The molecule has 0 aliphatic rings. The van der Waals surface area contributed by atoms with Gasteiger partial charge < -0.3 is 0 Å². The van der Waals surface area contributed by atoms with Gasteiger partial charge in [0.25, 0.3) is 0 Å². The van der Waals surface area contributed by atoms with Crippen LogP contribution in [0.1, 0.15) is 11.3 Å². The van der Waals surface area contributed by atoms with Crippen LogP contribution >= 0.6 is 23.2 Å². The predicted molar refractivity (Wildman–Crippen MR) is 113 cm³/mol. The van der Waals surface area contributed by atoms with Crippen LogP contribution in [0.5, 0.6) is 0 Å². The Morgan fingerprint density at radius 1 is 0.815 bits per heavy atom. The van der Waals surface area contributed by atoms with Crippen molar-refractivity contribution in [2.45, 2.75) is 0 Å². The van der Waals surface area contributed by atoms with Crippen molar-refractivity contribution in [3.05, 3.63) is 104 Å². The highest BCUT2D eigenvalue weighted by atomic mass is 35.5. The van der Waals surface area contributed by atoms with Gasteiger partial charge in [-0.2, -0.15) is 5.10 Å². The molecule has 0 radical (unpaired) electrons. The standard InChI is InChI=1S/C22H14Cl2N2O/c23-18-11-6-7-15(21(18)24)13-14-19-17-10-4-5-12-20(27)22(17)26(25-19)16-8-2-1-3-9-16/h1-14H/b14-13+. The van der Waals surface area contributed by atoms with Crippen LogP contribution < -0.4 is 5.43 Å². The van der Waals surface area contributed by atoms with E-state index in [1.165, 1.54) is 0 Å². The van der Waals surface area contributed by atoms with Crippen LogP contribution in [0.2, 0.25) is 10.0 Å². The number of rotatable bonds is 3. The number of hydrogen-bond acceptors (Lipinski definition) is 2. The average molecular weight is 393 g/mol. The van der Waals surface area contributed by atoms with Crippen LogP contribution in [0, 0.1) is 0 Å². The molecule has 0 bridgehead atoms. The van der Waals surface area contributed by atoms with Gasteiger partial charge in [-0.15, -0.1) is 0 Å². The summed E-state index contributed by atoms with van der Waals surface area (Å²) in [6, 6.07) is 22.1. The molecule has 0 aliphatic heterocycles. The lowest BCUT2D eigenvalue weighted by Crippen LogP contribution is -2.04. The maximum absolute atomic E-state index is 12.6. The molecule has 0 spiro atoms. The second-order valence-corrected chi connectivity index (χ2v) is 6.74. The molecule has 0 amide bonds. The molecular formula is C22H14Cl2N2O. The number of fused-ring (bicyclic) bond motifs is 1. The van der Waals surface area contributed by atoms with Crippen LogP contribution in [0.25, 0.3) is 28.7 Å². The minimum atomic E-state index is -0.0909. The molecule has 1 heterocycles. The van der Waals surface area contributed by atoms with Crippen molar-refractivity contribution in [3.8, 4) is 5.69 Å². The summed E-state index contributed by atoms with van der Waals surface area (Å²) < 4.78 is 1.68. The van der Waals surface area contributed by atoms with Crippen molar-refractivity contribution in [3.63, 3.8) is 0 Å². The van der Waals surface area contributed by atoms with Crippen molar-refractivity contribution >= 4 is 46.3 Å².